The van der Waals surface area contributed by atoms with Crippen molar-refractivity contribution in [3.8, 4) is 0 Å². The van der Waals surface area contributed by atoms with Crippen molar-refractivity contribution in [3.05, 3.63) is 35.6 Å². The van der Waals surface area contributed by atoms with Gasteiger partial charge in [0.15, 0.2) is 0 Å². The summed E-state index contributed by atoms with van der Waals surface area (Å²) in [6.45, 7) is 2.21. The molecule has 0 fully saturated rings. The quantitative estimate of drug-likeness (QED) is 0.394. The van der Waals surface area contributed by atoms with Gasteiger partial charge in [-0.05, 0) is 18.1 Å². The number of rotatable bonds is 8. The molecule has 0 saturated carbocycles. The SMILES string of the molecule is CCCCCCC(CBr)(CBr)c1ccccc1F. The third kappa shape index (κ3) is 4.06. The van der Waals surface area contributed by atoms with Gasteiger partial charge in [-0.3, -0.25) is 0 Å². The van der Waals surface area contributed by atoms with Crippen LogP contribution in [-0.2, 0) is 5.41 Å². The maximum atomic E-state index is 14.0. The molecule has 0 nitrogen and oxygen atoms in total. The first-order valence-corrected chi connectivity index (χ1v) is 8.81. The van der Waals surface area contributed by atoms with Gasteiger partial charge in [0.25, 0.3) is 0 Å². The zero-order chi connectivity index (χ0) is 13.4. The Hall–Kier alpha value is 0.110. The van der Waals surface area contributed by atoms with Crippen LogP contribution in [-0.4, -0.2) is 10.7 Å². The molecule has 0 radical (unpaired) electrons. The molecule has 18 heavy (non-hydrogen) atoms. The summed E-state index contributed by atoms with van der Waals surface area (Å²) in [5, 5.41) is 1.58. The molecule has 0 bridgehead atoms. The van der Waals surface area contributed by atoms with E-state index in [9.17, 15) is 4.39 Å². The molecule has 0 amide bonds. The highest BCUT2D eigenvalue weighted by molar-refractivity contribution is 9.09. The Morgan fingerprint density at radius 1 is 1.06 bits per heavy atom. The van der Waals surface area contributed by atoms with Gasteiger partial charge in [-0.15, -0.1) is 0 Å². The average molecular weight is 380 g/mol. The van der Waals surface area contributed by atoms with Crippen LogP contribution in [0.1, 0.15) is 44.6 Å². The van der Waals surface area contributed by atoms with Crippen LogP contribution in [0.25, 0.3) is 0 Å². The van der Waals surface area contributed by atoms with E-state index >= 15 is 0 Å². The maximum Gasteiger partial charge on any atom is 0.127 e. The Kier molecular flexibility index (Phi) is 7.47. The van der Waals surface area contributed by atoms with Crippen LogP contribution in [0.2, 0.25) is 0 Å². The smallest absolute Gasteiger partial charge is 0.127 e. The molecule has 1 aromatic rings. The van der Waals surface area contributed by atoms with E-state index in [1.165, 1.54) is 19.3 Å². The lowest BCUT2D eigenvalue weighted by molar-refractivity contribution is 0.443. The second kappa shape index (κ2) is 8.31. The molecule has 0 aliphatic rings. The van der Waals surface area contributed by atoms with Crippen molar-refractivity contribution in [3.63, 3.8) is 0 Å². The zero-order valence-corrected chi connectivity index (χ0v) is 14.1. The van der Waals surface area contributed by atoms with E-state index < -0.39 is 0 Å². The monoisotopic (exact) mass is 378 g/mol. The van der Waals surface area contributed by atoms with Gasteiger partial charge >= 0.3 is 0 Å². The molecule has 102 valence electrons. The Morgan fingerprint density at radius 2 is 1.72 bits per heavy atom. The molecule has 0 aliphatic heterocycles. The first-order chi connectivity index (χ1) is 8.70. The normalized spacial score (nSPS) is 11.8. The third-order valence-electron chi connectivity index (χ3n) is 3.47. The lowest BCUT2D eigenvalue weighted by atomic mass is 9.79. The first-order valence-electron chi connectivity index (χ1n) is 6.57. The van der Waals surface area contributed by atoms with Crippen molar-refractivity contribution in [1.82, 2.24) is 0 Å². The zero-order valence-electron chi connectivity index (χ0n) is 10.9. The Morgan fingerprint density at radius 3 is 2.28 bits per heavy atom. The minimum atomic E-state index is -0.126. The molecule has 1 aromatic carbocycles. The summed E-state index contributed by atoms with van der Waals surface area (Å²) in [6.07, 6.45) is 5.89. The summed E-state index contributed by atoms with van der Waals surface area (Å²) in [6, 6.07) is 7.15. The lowest BCUT2D eigenvalue weighted by Gasteiger charge is -2.31. The highest BCUT2D eigenvalue weighted by atomic mass is 79.9. The standard InChI is InChI=1S/C15H21Br2F/c1-2-3-4-7-10-15(11-16,12-17)13-8-5-6-9-14(13)18/h5-6,8-9H,2-4,7,10-12H2,1H3. The minimum Gasteiger partial charge on any atom is -0.207 e. The molecule has 0 heterocycles. The van der Waals surface area contributed by atoms with Crippen molar-refractivity contribution in [2.75, 3.05) is 10.7 Å². The third-order valence-corrected chi connectivity index (χ3v) is 5.61. The second-order valence-corrected chi connectivity index (χ2v) is 5.96. The largest absolute Gasteiger partial charge is 0.207 e. The fraction of sp³-hybridized carbons (Fsp3) is 0.600. The van der Waals surface area contributed by atoms with E-state index in [0.717, 1.165) is 29.1 Å². The van der Waals surface area contributed by atoms with Crippen molar-refractivity contribution in [2.24, 2.45) is 0 Å². The second-order valence-electron chi connectivity index (χ2n) is 4.84. The predicted molar refractivity (Wildman–Crippen MR) is 84.4 cm³/mol. The Bertz CT molecular complexity index is 348. The van der Waals surface area contributed by atoms with E-state index in [0.29, 0.717) is 0 Å². The van der Waals surface area contributed by atoms with Crippen LogP contribution < -0.4 is 0 Å². The van der Waals surface area contributed by atoms with Crippen LogP contribution in [0, 0.1) is 5.82 Å². The Balaban J connectivity index is 2.83. The van der Waals surface area contributed by atoms with Crippen LogP contribution in [0.4, 0.5) is 4.39 Å². The number of hydrogen-bond donors (Lipinski definition) is 0. The molecule has 0 aliphatic carbocycles. The van der Waals surface area contributed by atoms with E-state index in [2.05, 4.69) is 38.8 Å². The fourth-order valence-electron chi connectivity index (χ4n) is 2.23. The van der Waals surface area contributed by atoms with Crippen LogP contribution >= 0.6 is 31.9 Å². The molecule has 0 aromatic heterocycles. The Labute approximate surface area is 127 Å². The summed E-state index contributed by atoms with van der Waals surface area (Å²) in [5.41, 5.74) is 0.703. The van der Waals surface area contributed by atoms with Crippen molar-refractivity contribution in [2.45, 2.75) is 44.4 Å². The lowest BCUT2D eigenvalue weighted by Crippen LogP contribution is -2.31. The van der Waals surface area contributed by atoms with E-state index in [1.807, 2.05) is 12.1 Å². The summed E-state index contributed by atoms with van der Waals surface area (Å²) >= 11 is 7.15. The molecular formula is C15H21Br2F. The molecule has 0 saturated heterocycles. The number of alkyl halides is 2. The molecular weight excluding hydrogens is 359 g/mol. The predicted octanol–water partition coefficient (Wildman–Crippen LogP) is 5.82. The maximum absolute atomic E-state index is 14.0. The highest BCUT2D eigenvalue weighted by Crippen LogP contribution is 2.35. The summed E-state index contributed by atoms with van der Waals surface area (Å²) in [5.74, 6) is -0.0908. The van der Waals surface area contributed by atoms with Gasteiger partial charge in [-0.2, -0.15) is 0 Å². The van der Waals surface area contributed by atoms with Crippen LogP contribution in [0.3, 0.4) is 0 Å². The first kappa shape index (κ1) is 16.2. The number of hydrogen-bond acceptors (Lipinski definition) is 0. The van der Waals surface area contributed by atoms with Gasteiger partial charge in [-0.1, -0.05) is 82.7 Å². The van der Waals surface area contributed by atoms with Crippen molar-refractivity contribution < 1.29 is 4.39 Å². The fourth-order valence-corrected chi connectivity index (χ4v) is 4.32. The van der Waals surface area contributed by atoms with Crippen molar-refractivity contribution >= 4 is 31.9 Å². The van der Waals surface area contributed by atoms with E-state index in [4.69, 9.17) is 0 Å². The van der Waals surface area contributed by atoms with Gasteiger partial charge in [-0.25, -0.2) is 4.39 Å². The molecule has 0 unspecified atom stereocenters. The van der Waals surface area contributed by atoms with E-state index in [-0.39, 0.29) is 11.2 Å². The molecule has 0 N–H and O–H groups in total. The number of benzene rings is 1. The van der Waals surface area contributed by atoms with Gasteiger partial charge < -0.3 is 0 Å². The molecule has 3 heteroatoms. The number of unbranched alkanes of at least 4 members (excludes halogenated alkanes) is 3. The van der Waals surface area contributed by atoms with Gasteiger partial charge in [0.2, 0.25) is 0 Å². The van der Waals surface area contributed by atoms with Gasteiger partial charge in [0.1, 0.15) is 5.82 Å². The molecule has 1 rings (SSSR count). The van der Waals surface area contributed by atoms with Gasteiger partial charge in [0, 0.05) is 16.1 Å². The molecule has 0 spiro atoms. The summed E-state index contributed by atoms with van der Waals surface area (Å²) in [7, 11) is 0. The summed E-state index contributed by atoms with van der Waals surface area (Å²) in [4.78, 5) is 0. The van der Waals surface area contributed by atoms with Crippen LogP contribution in [0.5, 0.6) is 0 Å². The number of halogens is 3. The van der Waals surface area contributed by atoms with Gasteiger partial charge in [0.05, 0.1) is 0 Å². The highest BCUT2D eigenvalue weighted by Gasteiger charge is 2.31. The average Bonchev–Trinajstić information content (AvgIpc) is 2.41. The van der Waals surface area contributed by atoms with E-state index in [1.54, 1.807) is 12.1 Å². The topological polar surface area (TPSA) is 0 Å². The van der Waals surface area contributed by atoms with Crippen molar-refractivity contribution in [1.29, 1.82) is 0 Å². The molecule has 0 atom stereocenters. The summed E-state index contributed by atoms with van der Waals surface area (Å²) < 4.78 is 14.0. The van der Waals surface area contributed by atoms with Crippen LogP contribution in [0.15, 0.2) is 24.3 Å². The minimum absolute atomic E-state index is 0.0908.